The first-order valence-electron chi connectivity index (χ1n) is 11.4. The molecule has 0 amide bonds. The van der Waals surface area contributed by atoms with E-state index in [1.54, 1.807) is 0 Å². The van der Waals surface area contributed by atoms with Crippen molar-refractivity contribution < 1.29 is 0 Å². The monoisotopic (exact) mass is 419 g/mol. The molecule has 1 aliphatic rings. The summed E-state index contributed by atoms with van der Waals surface area (Å²) in [6.07, 6.45) is 5.69. The molecule has 1 aliphatic carbocycles. The fourth-order valence-corrected chi connectivity index (χ4v) is 4.90. The Kier molecular flexibility index (Phi) is 4.60. The van der Waals surface area contributed by atoms with E-state index in [0.717, 1.165) is 24.8 Å². The van der Waals surface area contributed by atoms with Gasteiger partial charge in [-0.15, -0.1) is 10.2 Å². The summed E-state index contributed by atoms with van der Waals surface area (Å²) in [7, 11) is 0. The molecule has 0 aliphatic heterocycles. The Hall–Kier alpha value is -3.73. The Morgan fingerprint density at radius 3 is 2.53 bits per heavy atom. The van der Waals surface area contributed by atoms with E-state index < -0.39 is 0 Å². The molecular formula is C27H25N5. The fraction of sp³-hybridized carbons (Fsp3) is 0.222. The zero-order valence-electron chi connectivity index (χ0n) is 18.2. The molecule has 0 fully saturated rings. The van der Waals surface area contributed by atoms with Gasteiger partial charge in [0.1, 0.15) is 0 Å². The molecule has 5 nitrogen and oxygen atoms in total. The van der Waals surface area contributed by atoms with Crippen molar-refractivity contribution in [2.24, 2.45) is 0 Å². The molecule has 3 aromatic carbocycles. The van der Waals surface area contributed by atoms with E-state index in [2.05, 4.69) is 93.2 Å². The van der Waals surface area contributed by atoms with Gasteiger partial charge in [0, 0.05) is 27.7 Å². The van der Waals surface area contributed by atoms with Crippen molar-refractivity contribution in [3.05, 3.63) is 77.4 Å². The Balaban J connectivity index is 1.36. The maximum absolute atomic E-state index is 4.12. The first-order chi connectivity index (χ1) is 15.8. The van der Waals surface area contributed by atoms with Crippen LogP contribution in [0.15, 0.2) is 60.7 Å². The molecule has 5 aromatic rings. The van der Waals surface area contributed by atoms with Gasteiger partial charge in [0.25, 0.3) is 0 Å². The van der Waals surface area contributed by atoms with Crippen LogP contribution in [-0.4, -0.2) is 25.6 Å². The predicted octanol–water partition coefficient (Wildman–Crippen LogP) is 6.12. The van der Waals surface area contributed by atoms with Crippen molar-refractivity contribution >= 4 is 10.9 Å². The average Bonchev–Trinajstić information content (AvgIpc) is 3.50. The van der Waals surface area contributed by atoms with Gasteiger partial charge in [0.05, 0.1) is 0 Å². The van der Waals surface area contributed by atoms with Gasteiger partial charge < -0.3 is 4.98 Å². The van der Waals surface area contributed by atoms with Crippen molar-refractivity contribution in [1.29, 1.82) is 0 Å². The highest BCUT2D eigenvalue weighted by Crippen LogP contribution is 2.39. The highest BCUT2D eigenvalue weighted by atomic mass is 15.5. The highest BCUT2D eigenvalue weighted by Gasteiger charge is 2.21. The van der Waals surface area contributed by atoms with Gasteiger partial charge in [-0.3, -0.25) is 0 Å². The summed E-state index contributed by atoms with van der Waals surface area (Å²) < 4.78 is 0. The molecule has 2 heterocycles. The van der Waals surface area contributed by atoms with Gasteiger partial charge in [0.15, 0.2) is 0 Å². The number of aromatic amines is 2. The number of nitrogens with one attached hydrogen (secondary N) is 2. The number of hydrogen-bond acceptors (Lipinski definition) is 3. The van der Waals surface area contributed by atoms with E-state index in [1.807, 2.05) is 0 Å². The number of unbranched alkanes of at least 4 members (excludes halogenated alkanes) is 1. The Labute approximate surface area is 186 Å². The zero-order chi connectivity index (χ0) is 21.5. The quantitative estimate of drug-likeness (QED) is 0.360. The van der Waals surface area contributed by atoms with Gasteiger partial charge in [-0.05, 0) is 70.8 Å². The number of hydrogen-bond donors (Lipinski definition) is 2. The average molecular weight is 420 g/mol. The van der Waals surface area contributed by atoms with Crippen LogP contribution in [0.4, 0.5) is 0 Å². The Morgan fingerprint density at radius 2 is 1.72 bits per heavy atom. The summed E-state index contributed by atoms with van der Waals surface area (Å²) in [4.78, 5) is 3.73. The molecule has 32 heavy (non-hydrogen) atoms. The second-order valence-electron chi connectivity index (χ2n) is 8.65. The van der Waals surface area contributed by atoms with E-state index in [1.165, 1.54) is 62.8 Å². The van der Waals surface area contributed by atoms with Crippen LogP contribution in [0.1, 0.15) is 36.5 Å². The smallest absolute Gasteiger partial charge is 0.204 e. The van der Waals surface area contributed by atoms with Crippen molar-refractivity contribution in [3.8, 4) is 33.8 Å². The summed E-state index contributed by atoms with van der Waals surface area (Å²) in [5.74, 6) is 0.639. The molecule has 0 spiro atoms. The van der Waals surface area contributed by atoms with Gasteiger partial charge >= 0.3 is 0 Å². The molecule has 0 radical (unpaired) electrons. The zero-order valence-corrected chi connectivity index (χ0v) is 18.2. The third kappa shape index (κ3) is 3.21. The standard InChI is InChI=1S/C27H25N5/c1-2-3-4-17-5-7-18(8-6-17)19-9-13-23-24-14-10-20-15-21(27-29-31-32-30-27)11-12-22(20)26(24)28-25(23)16-19/h5-9,11-13,15-16,28H,2-4,10,14H2,1H3,(H,29,30,31,32). The van der Waals surface area contributed by atoms with Crippen LogP contribution in [0.5, 0.6) is 0 Å². The number of aromatic nitrogens is 5. The normalized spacial score (nSPS) is 12.7. The van der Waals surface area contributed by atoms with Crippen molar-refractivity contribution in [2.45, 2.75) is 39.0 Å². The van der Waals surface area contributed by atoms with Crippen LogP contribution in [0.2, 0.25) is 0 Å². The first kappa shape index (κ1) is 19.0. The van der Waals surface area contributed by atoms with Crippen molar-refractivity contribution in [1.82, 2.24) is 25.6 Å². The lowest BCUT2D eigenvalue weighted by Crippen LogP contribution is -2.03. The van der Waals surface area contributed by atoms with Gasteiger partial charge in [-0.2, -0.15) is 5.21 Å². The number of tetrazole rings is 1. The maximum Gasteiger partial charge on any atom is 0.204 e. The van der Waals surface area contributed by atoms with Crippen LogP contribution < -0.4 is 0 Å². The van der Waals surface area contributed by atoms with Crippen LogP contribution in [0.3, 0.4) is 0 Å². The van der Waals surface area contributed by atoms with Crippen LogP contribution in [0, 0.1) is 0 Å². The summed E-state index contributed by atoms with van der Waals surface area (Å²) >= 11 is 0. The molecule has 2 N–H and O–H groups in total. The molecule has 158 valence electrons. The lowest BCUT2D eigenvalue weighted by atomic mass is 9.87. The molecule has 0 unspecified atom stereocenters. The van der Waals surface area contributed by atoms with Crippen molar-refractivity contribution in [3.63, 3.8) is 0 Å². The molecule has 6 rings (SSSR count). The van der Waals surface area contributed by atoms with E-state index in [0.29, 0.717) is 5.82 Å². The van der Waals surface area contributed by atoms with E-state index in [9.17, 15) is 0 Å². The summed E-state index contributed by atoms with van der Waals surface area (Å²) in [5, 5.41) is 15.8. The number of fused-ring (bicyclic) bond motifs is 5. The number of nitrogens with zero attached hydrogens (tertiary/aromatic N) is 3. The predicted molar refractivity (Wildman–Crippen MR) is 128 cm³/mol. The minimum atomic E-state index is 0.639. The lowest BCUT2D eigenvalue weighted by Gasteiger charge is -2.17. The van der Waals surface area contributed by atoms with E-state index >= 15 is 0 Å². The van der Waals surface area contributed by atoms with Crippen LogP contribution >= 0.6 is 0 Å². The first-order valence-corrected chi connectivity index (χ1v) is 11.4. The second-order valence-corrected chi connectivity index (χ2v) is 8.65. The summed E-state index contributed by atoms with van der Waals surface area (Å²) in [5.41, 5.74) is 11.4. The highest BCUT2D eigenvalue weighted by molar-refractivity contribution is 5.95. The SMILES string of the molecule is CCCCc1ccc(-c2ccc3c4c([nH]c3c2)-c2ccc(-c3nn[nH]n3)cc2CC4)cc1. The van der Waals surface area contributed by atoms with E-state index in [-0.39, 0.29) is 0 Å². The molecular weight excluding hydrogens is 394 g/mol. The minimum absolute atomic E-state index is 0.639. The van der Waals surface area contributed by atoms with Gasteiger partial charge in [0.2, 0.25) is 5.82 Å². The lowest BCUT2D eigenvalue weighted by molar-refractivity contribution is 0.795. The Bertz CT molecular complexity index is 1390. The molecule has 0 bridgehead atoms. The largest absolute Gasteiger partial charge is 0.354 e. The summed E-state index contributed by atoms with van der Waals surface area (Å²) in [6, 6.07) is 22.3. The number of H-pyrrole nitrogens is 2. The minimum Gasteiger partial charge on any atom is -0.354 e. The number of aryl methyl sites for hydroxylation is 3. The topological polar surface area (TPSA) is 70.2 Å². The van der Waals surface area contributed by atoms with E-state index in [4.69, 9.17) is 0 Å². The molecule has 0 atom stereocenters. The maximum atomic E-state index is 4.12. The second kappa shape index (κ2) is 7.75. The third-order valence-corrected chi connectivity index (χ3v) is 6.63. The number of benzene rings is 3. The van der Waals surface area contributed by atoms with Gasteiger partial charge in [-0.1, -0.05) is 61.9 Å². The molecule has 0 saturated carbocycles. The Morgan fingerprint density at radius 1 is 0.875 bits per heavy atom. The molecule has 2 aromatic heterocycles. The van der Waals surface area contributed by atoms with Gasteiger partial charge in [-0.25, -0.2) is 0 Å². The molecule has 5 heteroatoms. The van der Waals surface area contributed by atoms with Crippen LogP contribution in [-0.2, 0) is 19.3 Å². The number of rotatable bonds is 5. The van der Waals surface area contributed by atoms with Crippen LogP contribution in [0.25, 0.3) is 44.7 Å². The fourth-order valence-electron chi connectivity index (χ4n) is 4.90. The third-order valence-electron chi connectivity index (χ3n) is 6.63. The molecule has 0 saturated heterocycles. The van der Waals surface area contributed by atoms with Crippen molar-refractivity contribution in [2.75, 3.05) is 0 Å². The summed E-state index contributed by atoms with van der Waals surface area (Å²) in [6.45, 7) is 2.24.